The van der Waals surface area contributed by atoms with Gasteiger partial charge in [-0.15, -0.1) is 0 Å². The standard InChI is InChI=1S/C48H31N3O/c1-7-18-40-32(12-1)33-13-2-8-19-41(33)51(40)45-22-11-21-44-48(45)36-16-4-9-20-42(36)50(44)30-24-26-43-37(28-30)34-14-3-6-17-39(34)49(43)31-25-27-47-38(29-31)35-15-5-10-23-46(35)52-47/h1,3-12,14-29H,2,13H2. The number of allylic oxidation sites excluding steroid dienone is 1. The third kappa shape index (κ3) is 3.70. The molecule has 4 heteroatoms. The third-order valence-corrected chi connectivity index (χ3v) is 11.3. The molecule has 4 heterocycles. The van der Waals surface area contributed by atoms with Crippen molar-refractivity contribution in [3.8, 4) is 17.1 Å². The summed E-state index contributed by atoms with van der Waals surface area (Å²) >= 11 is 0. The summed E-state index contributed by atoms with van der Waals surface area (Å²) in [6, 6.07) is 55.2. The SMILES string of the molecule is C1=Cc2c(c3ccccc3n2-c2cccc3c2c2ccccc2n3-c2ccc3c(c2)c2ccccc2n3-c2ccc3oc4ccccc4c3c2)CC1. The van der Waals surface area contributed by atoms with Crippen molar-refractivity contribution in [2.45, 2.75) is 12.8 Å². The van der Waals surface area contributed by atoms with Crippen LogP contribution >= 0.6 is 0 Å². The van der Waals surface area contributed by atoms with Crippen LogP contribution in [0.3, 0.4) is 0 Å². The zero-order valence-corrected chi connectivity index (χ0v) is 28.3. The first-order chi connectivity index (χ1) is 25.8. The van der Waals surface area contributed by atoms with Crippen LogP contribution in [0, 0.1) is 0 Å². The molecule has 7 aromatic carbocycles. The number of hydrogen-bond donors (Lipinski definition) is 0. The fraction of sp³-hybridized carbons (Fsp3) is 0.0417. The van der Waals surface area contributed by atoms with Gasteiger partial charge in [0.05, 0.1) is 33.3 Å². The normalized spacial score (nSPS) is 13.2. The number of aryl methyl sites for hydroxylation is 1. The summed E-state index contributed by atoms with van der Waals surface area (Å²) in [5.74, 6) is 0. The second-order valence-electron chi connectivity index (χ2n) is 14.0. The predicted octanol–water partition coefficient (Wildman–Crippen LogP) is 12.7. The molecule has 4 aromatic heterocycles. The molecular formula is C48H31N3O. The van der Waals surface area contributed by atoms with Crippen LogP contribution < -0.4 is 0 Å². The highest BCUT2D eigenvalue weighted by molar-refractivity contribution is 6.15. The zero-order valence-electron chi connectivity index (χ0n) is 28.3. The van der Waals surface area contributed by atoms with Crippen LogP contribution in [0.2, 0.25) is 0 Å². The third-order valence-electron chi connectivity index (χ3n) is 11.3. The van der Waals surface area contributed by atoms with Crippen molar-refractivity contribution < 1.29 is 4.42 Å². The molecule has 52 heavy (non-hydrogen) atoms. The molecule has 0 aliphatic heterocycles. The summed E-state index contributed by atoms with van der Waals surface area (Å²) in [5, 5.41) is 8.59. The molecule has 0 saturated carbocycles. The number of para-hydroxylation sites is 4. The number of benzene rings is 7. The maximum atomic E-state index is 6.19. The van der Waals surface area contributed by atoms with E-state index in [0.29, 0.717) is 0 Å². The lowest BCUT2D eigenvalue weighted by Crippen LogP contribution is -2.01. The Morgan fingerprint density at radius 3 is 1.87 bits per heavy atom. The molecule has 0 atom stereocenters. The Balaban J connectivity index is 1.12. The summed E-state index contributed by atoms with van der Waals surface area (Å²) in [6.07, 6.45) is 6.80. The number of hydrogen-bond acceptors (Lipinski definition) is 1. The minimum absolute atomic E-state index is 0.906. The molecule has 0 bridgehead atoms. The summed E-state index contributed by atoms with van der Waals surface area (Å²) < 4.78 is 13.5. The summed E-state index contributed by atoms with van der Waals surface area (Å²) in [4.78, 5) is 0. The number of furan rings is 1. The monoisotopic (exact) mass is 665 g/mol. The summed E-state index contributed by atoms with van der Waals surface area (Å²) in [6.45, 7) is 0. The summed E-state index contributed by atoms with van der Waals surface area (Å²) in [5.41, 5.74) is 14.1. The van der Waals surface area contributed by atoms with E-state index in [9.17, 15) is 0 Å². The van der Waals surface area contributed by atoms with Crippen molar-refractivity contribution in [3.63, 3.8) is 0 Å². The number of aromatic nitrogens is 3. The molecule has 1 aliphatic rings. The molecule has 0 saturated heterocycles. The first-order valence-electron chi connectivity index (χ1n) is 18.1. The Hall–Kier alpha value is -6.78. The molecule has 0 amide bonds. The molecule has 0 unspecified atom stereocenters. The highest BCUT2D eigenvalue weighted by Gasteiger charge is 2.23. The van der Waals surface area contributed by atoms with Gasteiger partial charge in [0.25, 0.3) is 0 Å². The average molecular weight is 666 g/mol. The first-order valence-corrected chi connectivity index (χ1v) is 18.1. The molecule has 0 radical (unpaired) electrons. The van der Waals surface area contributed by atoms with Gasteiger partial charge in [-0.3, -0.25) is 0 Å². The molecule has 0 fully saturated rings. The number of nitrogens with zero attached hydrogens (tertiary/aromatic N) is 3. The topological polar surface area (TPSA) is 27.9 Å². The van der Waals surface area contributed by atoms with E-state index in [4.69, 9.17) is 4.42 Å². The van der Waals surface area contributed by atoms with E-state index in [2.05, 4.69) is 165 Å². The van der Waals surface area contributed by atoms with E-state index in [1.54, 1.807) is 0 Å². The van der Waals surface area contributed by atoms with Gasteiger partial charge in [0, 0.05) is 54.8 Å². The molecular weight excluding hydrogens is 635 g/mol. The van der Waals surface area contributed by atoms with E-state index < -0.39 is 0 Å². The molecule has 12 rings (SSSR count). The van der Waals surface area contributed by atoms with Crippen molar-refractivity contribution in [1.82, 2.24) is 13.7 Å². The fourth-order valence-electron chi connectivity index (χ4n) is 9.14. The highest BCUT2D eigenvalue weighted by Crippen LogP contribution is 2.42. The number of fused-ring (bicyclic) bond motifs is 12. The van der Waals surface area contributed by atoms with E-state index in [1.165, 1.54) is 71.5 Å². The van der Waals surface area contributed by atoms with Gasteiger partial charge < -0.3 is 18.1 Å². The van der Waals surface area contributed by atoms with Gasteiger partial charge in [0.2, 0.25) is 0 Å². The van der Waals surface area contributed by atoms with Crippen molar-refractivity contribution in [1.29, 1.82) is 0 Å². The first kappa shape index (κ1) is 28.0. The van der Waals surface area contributed by atoms with Gasteiger partial charge in [0.15, 0.2) is 0 Å². The Labute approximate surface area is 298 Å². The van der Waals surface area contributed by atoms with Crippen molar-refractivity contribution in [3.05, 3.63) is 169 Å². The van der Waals surface area contributed by atoms with Gasteiger partial charge in [-0.25, -0.2) is 0 Å². The van der Waals surface area contributed by atoms with Crippen molar-refractivity contribution in [2.24, 2.45) is 0 Å². The molecule has 1 aliphatic carbocycles. The highest BCUT2D eigenvalue weighted by atomic mass is 16.3. The van der Waals surface area contributed by atoms with E-state index >= 15 is 0 Å². The largest absolute Gasteiger partial charge is 0.456 e. The Kier molecular flexibility index (Phi) is 5.58. The molecule has 4 nitrogen and oxygen atoms in total. The van der Waals surface area contributed by atoms with Gasteiger partial charge in [0.1, 0.15) is 11.2 Å². The Morgan fingerprint density at radius 2 is 1.02 bits per heavy atom. The van der Waals surface area contributed by atoms with Gasteiger partial charge in [-0.05, 0) is 97.3 Å². The Morgan fingerprint density at radius 1 is 0.423 bits per heavy atom. The van der Waals surface area contributed by atoms with Gasteiger partial charge >= 0.3 is 0 Å². The minimum atomic E-state index is 0.906. The van der Waals surface area contributed by atoms with Crippen LogP contribution in [0.15, 0.2) is 162 Å². The van der Waals surface area contributed by atoms with Crippen LogP contribution in [0.1, 0.15) is 17.7 Å². The van der Waals surface area contributed by atoms with Crippen LogP contribution in [-0.2, 0) is 6.42 Å². The van der Waals surface area contributed by atoms with E-state index in [0.717, 1.165) is 46.2 Å². The second kappa shape index (κ2) is 10.4. The molecule has 0 spiro atoms. The second-order valence-corrected chi connectivity index (χ2v) is 14.0. The van der Waals surface area contributed by atoms with Crippen LogP contribution in [0.4, 0.5) is 0 Å². The lowest BCUT2D eigenvalue weighted by atomic mass is 10.0. The van der Waals surface area contributed by atoms with Crippen LogP contribution in [0.25, 0.3) is 99.6 Å². The van der Waals surface area contributed by atoms with Crippen LogP contribution in [0.5, 0.6) is 0 Å². The maximum Gasteiger partial charge on any atom is 0.135 e. The smallest absolute Gasteiger partial charge is 0.135 e. The maximum absolute atomic E-state index is 6.19. The average Bonchev–Trinajstić information content (AvgIpc) is 3.94. The van der Waals surface area contributed by atoms with Crippen LogP contribution in [-0.4, -0.2) is 13.7 Å². The fourth-order valence-corrected chi connectivity index (χ4v) is 9.14. The van der Waals surface area contributed by atoms with E-state index in [1.807, 2.05) is 12.1 Å². The van der Waals surface area contributed by atoms with Crippen molar-refractivity contribution >= 4 is 82.5 Å². The molecule has 0 N–H and O–H groups in total. The number of rotatable bonds is 3. The van der Waals surface area contributed by atoms with Crippen molar-refractivity contribution in [2.75, 3.05) is 0 Å². The van der Waals surface area contributed by atoms with E-state index in [-0.39, 0.29) is 0 Å². The van der Waals surface area contributed by atoms with Gasteiger partial charge in [-0.1, -0.05) is 84.9 Å². The lowest BCUT2D eigenvalue weighted by molar-refractivity contribution is 0.669. The summed E-state index contributed by atoms with van der Waals surface area (Å²) in [7, 11) is 0. The van der Waals surface area contributed by atoms with Gasteiger partial charge in [-0.2, -0.15) is 0 Å². The molecule has 11 aromatic rings. The predicted molar refractivity (Wildman–Crippen MR) is 217 cm³/mol. The Bertz CT molecular complexity index is 3310. The zero-order chi connectivity index (χ0) is 33.9. The minimum Gasteiger partial charge on any atom is -0.456 e. The lowest BCUT2D eigenvalue weighted by Gasteiger charge is -2.14. The molecule has 244 valence electrons. The quantitative estimate of drug-likeness (QED) is 0.185.